The number of rotatable bonds is 38. The van der Waals surface area contributed by atoms with Crippen LogP contribution >= 0.6 is 0 Å². The van der Waals surface area contributed by atoms with Crippen molar-refractivity contribution >= 4 is 86.9 Å². The van der Waals surface area contributed by atoms with Gasteiger partial charge in [0.25, 0.3) is 17.7 Å². The number of nitrogens with zero attached hydrogens (tertiary/aromatic N) is 8. The average Bonchev–Trinajstić information content (AvgIpc) is 1.61. The molecule has 8 rings (SSSR count). The zero-order chi connectivity index (χ0) is 86.5. The Labute approximate surface area is 703 Å². The summed E-state index contributed by atoms with van der Waals surface area (Å²) < 4.78 is 60.2. The van der Waals surface area contributed by atoms with E-state index in [1.807, 2.05) is 56.4 Å². The SMILES string of the molecule is COC1C[C@@H]2CCC[C@@](O)(O2)C(=O)C(=O)N2CCCC[C@H]2C(=O)OC([C@H](N)CC2CCC(OCCCCC(C=NCCOCCOCCOCCOCCNC(=O)CCCCC(=O)NCCCCn3nc(-c4ccc5oc(N)nc5c4)c4c(N)ncnc43)=NN)[C@H](OC)C2)CC(=O)C(C)/C=C(\C)[C@@H](O)[C@@H](O)C(=O)C(C)CC(C)/C=C/C=CC=C1C. The Morgan fingerprint density at radius 1 is 0.767 bits per heavy atom. The van der Waals surface area contributed by atoms with Crippen molar-refractivity contribution in [3.63, 3.8) is 0 Å². The minimum Gasteiger partial charge on any atom is -0.459 e. The Morgan fingerprint density at radius 2 is 1.48 bits per heavy atom. The van der Waals surface area contributed by atoms with Crippen LogP contribution in [0.25, 0.3) is 33.4 Å². The van der Waals surface area contributed by atoms with E-state index in [0.717, 1.165) is 35.3 Å². The van der Waals surface area contributed by atoms with E-state index in [1.54, 1.807) is 45.0 Å². The number of anilines is 2. The molecule has 4 aliphatic rings. The summed E-state index contributed by atoms with van der Waals surface area (Å²) in [6.07, 6.45) is 17.3. The molecular formula is C86H130N14O20. The van der Waals surface area contributed by atoms with Crippen molar-refractivity contribution in [3.8, 4) is 11.3 Å². The minimum absolute atomic E-state index is 0.0244. The molecular weight excluding hydrogens is 1550 g/mol. The van der Waals surface area contributed by atoms with Gasteiger partial charge in [-0.15, -0.1) is 0 Å². The van der Waals surface area contributed by atoms with Crippen LogP contribution in [0.15, 0.2) is 86.6 Å². The van der Waals surface area contributed by atoms with Gasteiger partial charge in [0.15, 0.2) is 17.0 Å². The van der Waals surface area contributed by atoms with Gasteiger partial charge in [0.1, 0.15) is 53.5 Å². The number of oxazole rings is 1. The van der Waals surface area contributed by atoms with Gasteiger partial charge in [-0.25, -0.2) is 19.4 Å². The van der Waals surface area contributed by atoms with E-state index < -0.39 is 89.5 Å². The summed E-state index contributed by atoms with van der Waals surface area (Å²) in [5.74, 6) is -2.28. The normalized spacial score (nSPS) is 26.2. The number of Topliss-reactive ketones (excluding diaryl/α,β-unsaturated/α-hetero) is 3. The lowest BCUT2D eigenvalue weighted by atomic mass is 9.80. The van der Waals surface area contributed by atoms with Crippen LogP contribution in [-0.4, -0.2) is 258 Å². The number of nitrogen functional groups attached to an aromatic ring is 2. The van der Waals surface area contributed by atoms with Crippen molar-refractivity contribution < 1.29 is 95.9 Å². The Balaban J connectivity index is 0.667. The predicted molar refractivity (Wildman–Crippen MR) is 451 cm³/mol. The van der Waals surface area contributed by atoms with Crippen LogP contribution in [0.2, 0.25) is 0 Å². The summed E-state index contributed by atoms with van der Waals surface area (Å²) in [5, 5.41) is 49.5. The van der Waals surface area contributed by atoms with Crippen molar-refractivity contribution in [2.75, 3.05) is 111 Å². The number of aryl methyl sites for hydroxylation is 1. The molecule has 4 aromatic rings. The molecule has 13 N–H and O–H groups in total. The molecule has 3 aromatic heterocycles. The van der Waals surface area contributed by atoms with Crippen molar-refractivity contribution in [1.29, 1.82) is 0 Å². The molecule has 34 nitrogen and oxygen atoms in total. The molecule has 3 fully saturated rings. The summed E-state index contributed by atoms with van der Waals surface area (Å²) in [6.45, 7) is 13.9. The fraction of sp³-hybridized carbons (Fsp3) is 0.663. The number of carbonyl (C=O) groups excluding carboxylic acids is 7. The van der Waals surface area contributed by atoms with Gasteiger partial charge < -0.3 is 101 Å². The number of aliphatic hydroxyl groups is 3. The van der Waals surface area contributed by atoms with Crippen LogP contribution in [0.3, 0.4) is 0 Å². The molecule has 2 saturated heterocycles. The number of benzene rings is 1. The number of aliphatic hydroxyl groups excluding tert-OH is 2. The number of unbranched alkanes of at least 4 members (excludes halogenated alkanes) is 3. The number of aliphatic imine (C=N–C) groups is 1. The summed E-state index contributed by atoms with van der Waals surface area (Å²) >= 11 is 0. The number of ketones is 3. The second-order valence-corrected chi connectivity index (χ2v) is 31.8. The lowest BCUT2D eigenvalue weighted by Gasteiger charge is -2.40. The van der Waals surface area contributed by atoms with E-state index >= 15 is 0 Å². The third kappa shape index (κ3) is 30.4. The monoisotopic (exact) mass is 1680 g/mol. The third-order valence-corrected chi connectivity index (χ3v) is 22.5. The number of carbonyl (C=O) groups is 7. The molecule has 3 aliphatic heterocycles. The Kier molecular flexibility index (Phi) is 40.9. The maximum Gasteiger partial charge on any atom is 0.329 e. The topological polar surface area (TPSA) is 489 Å². The van der Waals surface area contributed by atoms with E-state index in [0.29, 0.717) is 221 Å². The summed E-state index contributed by atoms with van der Waals surface area (Å²) in [7, 11) is 3.18. The summed E-state index contributed by atoms with van der Waals surface area (Å²) in [5.41, 5.74) is 23.9. The van der Waals surface area contributed by atoms with E-state index in [1.165, 1.54) is 19.3 Å². The number of nitrogens with one attached hydrogen (secondary N) is 2. The zero-order valence-electron chi connectivity index (χ0n) is 71.0. The van der Waals surface area contributed by atoms with E-state index in [4.69, 9.17) is 75.2 Å². The molecule has 0 radical (unpaired) electrons. The Bertz CT molecular complexity index is 4130. The Hall–Kier alpha value is -8.65. The quantitative estimate of drug-likeness (QED) is 0.00414. The fourth-order valence-corrected chi connectivity index (χ4v) is 15.6. The first-order valence-electron chi connectivity index (χ1n) is 42.6. The summed E-state index contributed by atoms with van der Waals surface area (Å²) in [6, 6.07) is 3.41. The smallest absolute Gasteiger partial charge is 0.329 e. The number of piperidine rings is 1. The highest BCUT2D eigenvalue weighted by Crippen LogP contribution is 2.37. The predicted octanol–water partition coefficient (Wildman–Crippen LogP) is 7.00. The maximum atomic E-state index is 14.6. The molecule has 120 heavy (non-hydrogen) atoms. The number of hydrazone groups is 1. The number of fused-ring (bicyclic) bond motifs is 5. The number of ether oxygens (including phenoxy) is 9. The highest BCUT2D eigenvalue weighted by atomic mass is 16.6. The lowest BCUT2D eigenvalue weighted by Crippen LogP contribution is -2.58. The lowest BCUT2D eigenvalue weighted by molar-refractivity contribution is -0.245. The van der Waals surface area contributed by atoms with Crippen molar-refractivity contribution in [2.24, 2.45) is 45.3 Å². The summed E-state index contributed by atoms with van der Waals surface area (Å²) in [4.78, 5) is 114. The third-order valence-electron chi connectivity index (χ3n) is 22.5. The first-order valence-corrected chi connectivity index (χ1v) is 42.6. The molecule has 14 atom stereocenters. The van der Waals surface area contributed by atoms with Gasteiger partial charge >= 0.3 is 5.97 Å². The molecule has 3 amide bonds. The van der Waals surface area contributed by atoms with Crippen molar-refractivity contribution in [1.82, 2.24) is 40.3 Å². The molecule has 7 unspecified atom stereocenters. The van der Waals surface area contributed by atoms with Gasteiger partial charge in [-0.05, 0) is 164 Å². The number of aromatic nitrogens is 5. The Morgan fingerprint density at radius 3 is 2.21 bits per heavy atom. The van der Waals surface area contributed by atoms with Crippen molar-refractivity contribution in [3.05, 3.63) is 72.1 Å². The standard InChI is InChI=1S/C86H130N14O20/c1-55-20-9-8-10-21-56(2)70(111-6)51-63-23-19-31-86(110,120-63)80(107)83(108)99-35-16-13-24-66(99)84(109)118-71(52-67(101)57(3)47-59(5)78(105)79(106)77(104)58(4)46-55)64(87)48-60-27-29-69(72(49-60)112-7)117-37-18-14-22-62(97-90)53-91-33-38-113-40-42-115-44-45-116-43-41-114-39-34-93-74(103)26-12-11-25-73(102)92-32-15-17-36-100-82-75(81(88)94-54-95-82)76(98-100)61-28-30-68-65(50-61)96-85(89)119-68/h8-10,20-21,28,30,47,50,53-55,57-58,60,63-64,66,69-72,78-79,105-106,110H,11-19,22-27,29,31-46,48-49,51-52,87,90H2,1-7H3,(H2,89,96)(H,92,102)(H,93,103)(H2,88,94,95)/b10-8?,20-9+,56-21?,59-47+,91-53?,97-62?/t55?,57?,58?,60?,63-,64+,66-,69?,70?,71?,72+,78+,79-,86+/m0/s1. The van der Waals surface area contributed by atoms with E-state index in [9.17, 15) is 48.9 Å². The van der Waals surface area contributed by atoms with Crippen LogP contribution in [0.1, 0.15) is 176 Å². The molecule has 1 saturated carbocycles. The number of hydrogen-bond acceptors (Lipinski definition) is 30. The van der Waals surface area contributed by atoms with Crippen LogP contribution in [-0.2, 0) is 82.7 Å². The number of cyclic esters (lactones) is 1. The van der Waals surface area contributed by atoms with Crippen LogP contribution < -0.4 is 33.7 Å². The van der Waals surface area contributed by atoms with Gasteiger partial charge in [-0.2, -0.15) is 15.2 Å². The molecule has 664 valence electrons. The van der Waals surface area contributed by atoms with Gasteiger partial charge in [-0.1, -0.05) is 57.2 Å². The van der Waals surface area contributed by atoms with Crippen molar-refractivity contribution in [2.45, 2.75) is 243 Å². The number of nitrogens with two attached hydrogens (primary N) is 4. The molecule has 6 heterocycles. The number of hydrogen-bond donors (Lipinski definition) is 9. The molecule has 34 heteroatoms. The highest BCUT2D eigenvalue weighted by Gasteiger charge is 2.50. The second kappa shape index (κ2) is 50.7. The maximum absolute atomic E-state index is 14.6. The highest BCUT2D eigenvalue weighted by molar-refractivity contribution is 6.39. The molecule has 1 aromatic carbocycles. The first kappa shape index (κ1) is 96.8. The van der Waals surface area contributed by atoms with E-state index in [-0.39, 0.29) is 79.7 Å². The number of methoxy groups -OCH3 is 2. The van der Waals surface area contributed by atoms with Gasteiger partial charge in [0.2, 0.25) is 17.6 Å². The first-order chi connectivity index (χ1) is 57.8. The van der Waals surface area contributed by atoms with Gasteiger partial charge in [-0.3, -0.25) is 33.8 Å². The number of allylic oxidation sites excluding steroid dienone is 6. The minimum atomic E-state index is -2.45. The fourth-order valence-electron chi connectivity index (χ4n) is 15.6. The van der Waals surface area contributed by atoms with Crippen LogP contribution in [0.5, 0.6) is 0 Å². The largest absolute Gasteiger partial charge is 0.459 e. The molecule has 2 bridgehead atoms. The van der Waals surface area contributed by atoms with Crippen LogP contribution in [0.4, 0.5) is 11.8 Å². The number of amides is 3. The number of esters is 1. The van der Waals surface area contributed by atoms with E-state index in [2.05, 4.69) is 35.7 Å². The average molecular weight is 1680 g/mol. The molecule has 0 spiro atoms. The second-order valence-electron chi connectivity index (χ2n) is 31.8. The van der Waals surface area contributed by atoms with Gasteiger partial charge in [0, 0.05) is 109 Å². The zero-order valence-corrected chi connectivity index (χ0v) is 71.0. The van der Waals surface area contributed by atoms with Gasteiger partial charge in [0.05, 0.1) is 94.9 Å². The van der Waals surface area contributed by atoms with Crippen LogP contribution in [0, 0.1) is 23.7 Å². The molecule has 1 aliphatic carbocycles.